The second-order valence-corrected chi connectivity index (χ2v) is 10.9. The minimum atomic E-state index is -0.669. The monoisotopic (exact) mass is 543 g/mol. The summed E-state index contributed by atoms with van der Waals surface area (Å²) in [6.45, 7) is 3.90. The number of amides is 2. The molecule has 10 heteroatoms. The van der Waals surface area contributed by atoms with E-state index in [1.165, 1.54) is 0 Å². The van der Waals surface area contributed by atoms with Crippen LogP contribution in [0.4, 0.5) is 5.69 Å². The molecule has 0 spiro atoms. The molecule has 1 atom stereocenters. The molecule has 1 aliphatic rings. The molecule has 9 nitrogen and oxygen atoms in total. The maximum Gasteiger partial charge on any atom is 0.249 e. The molecule has 1 unspecified atom stereocenters. The number of tetrazole rings is 1. The standard InChI is InChI=1S/C29H30ClN7O2/c1-29(2,31)16-26(38)32-24-14-12-20-11-13-21(30)15-25(20)37(28(24)39)17-18-7-9-19(10-8-18)22-5-3-4-6-23(22)27-33-35-36-34-27/h3-11,13,15,24H,12,14,16-17,31H2,1-2H3,(H,32,38)(H,33,34,35,36). The summed E-state index contributed by atoms with van der Waals surface area (Å²) in [6.07, 6.45) is 1.26. The zero-order valence-electron chi connectivity index (χ0n) is 21.8. The summed E-state index contributed by atoms with van der Waals surface area (Å²) in [5.74, 6) is 0.101. The summed E-state index contributed by atoms with van der Waals surface area (Å²) >= 11 is 6.35. The first kappa shape index (κ1) is 26.5. The molecule has 0 fully saturated rings. The zero-order valence-corrected chi connectivity index (χ0v) is 22.6. The van der Waals surface area contributed by atoms with Gasteiger partial charge in [-0.2, -0.15) is 5.21 Å². The van der Waals surface area contributed by atoms with E-state index < -0.39 is 11.6 Å². The number of H-pyrrole nitrogens is 1. The summed E-state index contributed by atoms with van der Waals surface area (Å²) in [4.78, 5) is 28.2. The van der Waals surface area contributed by atoms with E-state index in [1.807, 2.05) is 66.7 Å². The van der Waals surface area contributed by atoms with E-state index in [2.05, 4.69) is 25.9 Å². The largest absolute Gasteiger partial charge is 0.344 e. The first-order chi connectivity index (χ1) is 18.7. The molecule has 0 bridgehead atoms. The van der Waals surface area contributed by atoms with Crippen LogP contribution in [0, 0.1) is 0 Å². The molecule has 0 saturated heterocycles. The van der Waals surface area contributed by atoms with Crippen LogP contribution in [0.5, 0.6) is 0 Å². The smallest absolute Gasteiger partial charge is 0.249 e. The highest BCUT2D eigenvalue weighted by atomic mass is 35.5. The average molecular weight is 544 g/mol. The highest BCUT2D eigenvalue weighted by molar-refractivity contribution is 6.31. The molecule has 4 aromatic rings. The first-order valence-corrected chi connectivity index (χ1v) is 13.2. The van der Waals surface area contributed by atoms with Crippen molar-refractivity contribution in [3.63, 3.8) is 0 Å². The van der Waals surface area contributed by atoms with E-state index in [0.29, 0.717) is 30.2 Å². The van der Waals surface area contributed by atoms with E-state index in [-0.39, 0.29) is 18.2 Å². The number of nitrogens with zero attached hydrogens (tertiary/aromatic N) is 4. The maximum atomic E-state index is 13.8. The van der Waals surface area contributed by atoms with Crippen LogP contribution < -0.4 is 16.0 Å². The second-order valence-electron chi connectivity index (χ2n) is 10.5. The van der Waals surface area contributed by atoms with Gasteiger partial charge in [-0.05, 0) is 66.3 Å². The number of hydrogen-bond acceptors (Lipinski definition) is 6. The fourth-order valence-electron chi connectivity index (χ4n) is 4.86. The lowest BCUT2D eigenvalue weighted by Crippen LogP contribution is -2.49. The molecular formula is C29H30ClN7O2. The van der Waals surface area contributed by atoms with E-state index >= 15 is 0 Å². The van der Waals surface area contributed by atoms with Crippen molar-refractivity contribution in [1.29, 1.82) is 0 Å². The van der Waals surface area contributed by atoms with Gasteiger partial charge in [-0.1, -0.05) is 66.2 Å². The van der Waals surface area contributed by atoms with E-state index in [0.717, 1.165) is 33.5 Å². The van der Waals surface area contributed by atoms with Gasteiger partial charge in [0.15, 0.2) is 0 Å². The Hall–Kier alpha value is -4.08. The Bertz CT molecular complexity index is 1480. The molecule has 1 aliphatic heterocycles. The second kappa shape index (κ2) is 11.0. The Labute approximate surface area is 231 Å². The van der Waals surface area contributed by atoms with Crippen molar-refractivity contribution in [2.24, 2.45) is 5.73 Å². The predicted molar refractivity (Wildman–Crippen MR) is 151 cm³/mol. The molecule has 0 saturated carbocycles. The number of aryl methyl sites for hydroxylation is 1. The number of carbonyl (C=O) groups is 2. The number of rotatable bonds is 7. The maximum absolute atomic E-state index is 13.8. The fourth-order valence-corrected chi connectivity index (χ4v) is 5.03. The summed E-state index contributed by atoms with van der Waals surface area (Å²) in [7, 11) is 0. The third kappa shape index (κ3) is 6.16. The van der Waals surface area contributed by atoms with Crippen molar-refractivity contribution in [3.8, 4) is 22.5 Å². The zero-order chi connectivity index (χ0) is 27.6. The van der Waals surface area contributed by atoms with Crippen LogP contribution in [0.3, 0.4) is 0 Å². The molecule has 1 aromatic heterocycles. The molecule has 2 heterocycles. The molecule has 2 amide bonds. The number of halogens is 1. The molecule has 39 heavy (non-hydrogen) atoms. The van der Waals surface area contributed by atoms with Crippen molar-refractivity contribution >= 4 is 29.1 Å². The third-order valence-electron chi connectivity index (χ3n) is 6.67. The molecule has 200 valence electrons. The van der Waals surface area contributed by atoms with Crippen molar-refractivity contribution in [2.45, 2.75) is 51.2 Å². The van der Waals surface area contributed by atoms with Gasteiger partial charge in [0, 0.05) is 28.2 Å². The highest BCUT2D eigenvalue weighted by Crippen LogP contribution is 2.33. The fraction of sp³-hybridized carbons (Fsp3) is 0.276. The van der Waals surface area contributed by atoms with Crippen LogP contribution in [0.25, 0.3) is 22.5 Å². The summed E-state index contributed by atoms with van der Waals surface area (Å²) < 4.78 is 0. The quantitative estimate of drug-likeness (QED) is 0.319. The van der Waals surface area contributed by atoms with Crippen molar-refractivity contribution < 1.29 is 9.59 Å². The molecule has 0 radical (unpaired) electrons. The Kier molecular flexibility index (Phi) is 7.45. The summed E-state index contributed by atoms with van der Waals surface area (Å²) in [5.41, 5.74) is 10.9. The van der Waals surface area contributed by atoms with Gasteiger partial charge in [0.1, 0.15) is 6.04 Å². The topological polar surface area (TPSA) is 130 Å². The number of nitrogens with two attached hydrogens (primary N) is 1. The van der Waals surface area contributed by atoms with Crippen LogP contribution in [0.1, 0.15) is 37.8 Å². The number of carbonyl (C=O) groups excluding carboxylic acids is 2. The van der Waals surface area contributed by atoms with E-state index in [1.54, 1.807) is 18.7 Å². The van der Waals surface area contributed by atoms with Gasteiger partial charge in [-0.25, -0.2) is 0 Å². The van der Waals surface area contributed by atoms with Gasteiger partial charge in [0.25, 0.3) is 0 Å². The van der Waals surface area contributed by atoms with Crippen LogP contribution in [0.15, 0.2) is 66.7 Å². The summed E-state index contributed by atoms with van der Waals surface area (Å²) in [5, 5.41) is 17.9. The lowest BCUT2D eigenvalue weighted by molar-refractivity contribution is -0.128. The predicted octanol–water partition coefficient (Wildman–Crippen LogP) is 4.28. The van der Waals surface area contributed by atoms with Gasteiger partial charge >= 0.3 is 0 Å². The normalized spacial score (nSPS) is 15.5. The van der Waals surface area contributed by atoms with Crippen molar-refractivity contribution in [1.82, 2.24) is 25.9 Å². The SMILES string of the molecule is CC(C)(N)CC(=O)NC1CCc2ccc(Cl)cc2N(Cc2ccc(-c3ccccc3-c3nn[nH]n3)cc2)C1=O. The van der Waals surface area contributed by atoms with Crippen LogP contribution >= 0.6 is 11.6 Å². The van der Waals surface area contributed by atoms with E-state index in [4.69, 9.17) is 17.3 Å². The Morgan fingerprint density at radius 2 is 1.87 bits per heavy atom. The number of fused-ring (bicyclic) bond motifs is 1. The van der Waals surface area contributed by atoms with Gasteiger partial charge in [-0.3, -0.25) is 9.59 Å². The third-order valence-corrected chi connectivity index (χ3v) is 6.91. The van der Waals surface area contributed by atoms with Gasteiger partial charge in [-0.15, -0.1) is 10.2 Å². The van der Waals surface area contributed by atoms with Crippen LogP contribution in [-0.2, 0) is 22.6 Å². The number of aromatic amines is 1. The summed E-state index contributed by atoms with van der Waals surface area (Å²) in [6, 6.07) is 20.8. The Balaban J connectivity index is 1.42. The number of nitrogens with one attached hydrogen (secondary N) is 2. The number of anilines is 1. The lowest BCUT2D eigenvalue weighted by atomic mass is 9.98. The average Bonchev–Trinajstić information content (AvgIpc) is 3.41. The minimum Gasteiger partial charge on any atom is -0.344 e. The van der Waals surface area contributed by atoms with Crippen molar-refractivity contribution in [3.05, 3.63) is 82.9 Å². The number of hydrogen-bond donors (Lipinski definition) is 3. The highest BCUT2D eigenvalue weighted by Gasteiger charge is 2.32. The minimum absolute atomic E-state index is 0.127. The van der Waals surface area contributed by atoms with Crippen LogP contribution in [-0.4, -0.2) is 44.0 Å². The van der Waals surface area contributed by atoms with Gasteiger partial charge in [0.05, 0.1) is 6.54 Å². The van der Waals surface area contributed by atoms with Crippen LogP contribution in [0.2, 0.25) is 5.02 Å². The molecule has 0 aliphatic carbocycles. The number of aromatic nitrogens is 4. The Morgan fingerprint density at radius 3 is 2.56 bits per heavy atom. The molecule has 3 aromatic carbocycles. The van der Waals surface area contributed by atoms with E-state index in [9.17, 15) is 9.59 Å². The lowest BCUT2D eigenvalue weighted by Gasteiger charge is -2.27. The molecule has 4 N–H and O–H groups in total. The molecular weight excluding hydrogens is 514 g/mol. The van der Waals surface area contributed by atoms with Crippen molar-refractivity contribution in [2.75, 3.05) is 4.90 Å². The Morgan fingerprint density at radius 1 is 1.13 bits per heavy atom. The number of benzene rings is 3. The first-order valence-electron chi connectivity index (χ1n) is 12.8. The molecule has 5 rings (SSSR count). The van der Waals surface area contributed by atoms with Gasteiger partial charge < -0.3 is 16.0 Å². The van der Waals surface area contributed by atoms with Gasteiger partial charge in [0.2, 0.25) is 17.6 Å².